The van der Waals surface area contributed by atoms with E-state index in [9.17, 15) is 28.8 Å². The number of carbonyl (C=O) groups excluding carboxylic acids is 4. The van der Waals surface area contributed by atoms with Gasteiger partial charge in [0.05, 0.1) is 31.8 Å². The summed E-state index contributed by atoms with van der Waals surface area (Å²) in [4.78, 5) is 54.1. The van der Waals surface area contributed by atoms with E-state index in [1.807, 2.05) is 48.5 Å². The Kier molecular flexibility index (Phi) is 27.4. The molecule has 0 saturated heterocycles. The van der Waals surface area contributed by atoms with Gasteiger partial charge < -0.3 is 50.5 Å². The predicted octanol–water partition coefficient (Wildman–Crippen LogP) is 15.7. The van der Waals surface area contributed by atoms with Crippen molar-refractivity contribution in [3.8, 4) is 11.5 Å². The Balaban J connectivity index is 0.717. The van der Waals surface area contributed by atoms with Gasteiger partial charge in [0.25, 0.3) is 0 Å². The molecule has 6 aromatic carbocycles. The van der Waals surface area contributed by atoms with E-state index in [2.05, 4.69) is 104 Å². The summed E-state index contributed by atoms with van der Waals surface area (Å²) >= 11 is 0. The van der Waals surface area contributed by atoms with E-state index in [-0.39, 0.29) is 65.3 Å². The van der Waals surface area contributed by atoms with E-state index in [4.69, 9.17) is 18.9 Å². The van der Waals surface area contributed by atoms with E-state index < -0.39 is 23.8 Å². The van der Waals surface area contributed by atoms with Crippen LogP contribution in [0.3, 0.4) is 0 Å². The predicted molar refractivity (Wildman–Crippen MR) is 398 cm³/mol. The molecule has 0 spiro atoms. The van der Waals surface area contributed by atoms with Crippen LogP contribution in [-0.4, -0.2) is 82.5 Å². The SMILES string of the molecule is COc1ccc(C(NCCCC[C@H](NCC[C@H](Cc2ccc(F)cc2)NC(=O)CCC(=O)NCCCOC2CC[C@@]3(C)C(=CC[C@H]4[C@@H]5CC[C@H]([C@H](C)CCCC(C)C)[C@@]5(C)CC[C@@H]43)C2)C(=O)Nc2ccc(COC(=O)Oc3ccc([NH+](C)[O-])cc3)cc2)(c2ccccc2)c2ccccc2)cc1. The van der Waals surface area contributed by atoms with Crippen LogP contribution in [0.1, 0.15) is 178 Å². The molecule has 16 heteroatoms. The molecule has 6 aromatic rings. The molecule has 0 aromatic heterocycles. The zero-order chi connectivity index (χ0) is 71.4. The lowest BCUT2D eigenvalue weighted by Gasteiger charge is -2.58. The number of carbonyl (C=O) groups is 4. The number of benzene rings is 6. The van der Waals surface area contributed by atoms with Crippen LogP contribution in [0.15, 0.2) is 169 Å². The van der Waals surface area contributed by atoms with Crippen LogP contribution >= 0.6 is 0 Å². The molecule has 3 amide bonds. The highest BCUT2D eigenvalue weighted by Crippen LogP contribution is 2.67. The lowest BCUT2D eigenvalue weighted by Crippen LogP contribution is -2.98. The first-order chi connectivity index (χ1) is 48.8. The number of ether oxygens (including phenoxy) is 4. The van der Waals surface area contributed by atoms with Gasteiger partial charge in [0.15, 0.2) is 0 Å². The number of rotatable bonds is 36. The van der Waals surface area contributed by atoms with Crippen LogP contribution in [0.2, 0.25) is 0 Å². The minimum Gasteiger partial charge on any atom is -0.629 e. The van der Waals surface area contributed by atoms with Crippen LogP contribution in [0.25, 0.3) is 0 Å². The zero-order valence-corrected chi connectivity index (χ0v) is 60.8. The summed E-state index contributed by atoms with van der Waals surface area (Å²) in [6.45, 7) is 14.4. The Labute approximate surface area is 599 Å². The molecule has 3 saturated carbocycles. The number of methoxy groups -OCH3 is 1. The average molecular weight is 1380 g/mol. The maximum atomic E-state index is 14.5. The van der Waals surface area contributed by atoms with E-state index in [0.29, 0.717) is 87.1 Å². The number of hydrogen-bond donors (Lipinski definition) is 6. The van der Waals surface area contributed by atoms with Crippen molar-refractivity contribution in [1.82, 2.24) is 21.3 Å². The number of amides is 3. The second kappa shape index (κ2) is 36.4. The topological polar surface area (TPSA) is 193 Å². The Morgan fingerprint density at radius 1 is 0.673 bits per heavy atom. The molecule has 15 nitrogen and oxygen atoms in total. The highest BCUT2D eigenvalue weighted by atomic mass is 19.1. The van der Waals surface area contributed by atoms with Crippen LogP contribution < -0.4 is 41.1 Å². The van der Waals surface area contributed by atoms with Gasteiger partial charge in [-0.1, -0.05) is 169 Å². The fourth-order valence-corrected chi connectivity index (χ4v) is 17.6. The fraction of sp³-hybridized carbons (Fsp3) is 0.506. The molecule has 3 fully saturated rings. The van der Waals surface area contributed by atoms with Crippen molar-refractivity contribution in [2.75, 3.05) is 45.7 Å². The first-order valence-corrected chi connectivity index (χ1v) is 37.5. The Morgan fingerprint density at radius 2 is 1.35 bits per heavy atom. The number of halogens is 1. The number of hydroxylamine groups is 1. The van der Waals surface area contributed by atoms with Crippen LogP contribution in [-0.2, 0) is 42.4 Å². The number of unbranched alkanes of at least 4 members (excludes halogenated alkanes) is 1. The molecular formula is C85H111FN6O9. The summed E-state index contributed by atoms with van der Waals surface area (Å²) in [5.41, 5.74) is 7.38. The van der Waals surface area contributed by atoms with E-state index in [0.717, 1.165) is 76.4 Å². The first kappa shape index (κ1) is 75.9. The van der Waals surface area contributed by atoms with Gasteiger partial charge in [-0.15, -0.1) is 0 Å². The summed E-state index contributed by atoms with van der Waals surface area (Å²) in [5.74, 6) is 4.79. The van der Waals surface area contributed by atoms with Gasteiger partial charge in [-0.2, -0.15) is 0 Å². The third-order valence-electron chi connectivity index (χ3n) is 23.1. The molecular weight excluding hydrogens is 1270 g/mol. The van der Waals surface area contributed by atoms with Crippen molar-refractivity contribution in [1.29, 1.82) is 0 Å². The maximum Gasteiger partial charge on any atom is 0.514 e. The number of fused-ring (bicyclic) bond motifs is 5. The van der Waals surface area contributed by atoms with E-state index in [1.54, 1.807) is 61.2 Å². The third kappa shape index (κ3) is 20.1. The van der Waals surface area contributed by atoms with E-state index in [1.165, 1.54) is 89.1 Å². The summed E-state index contributed by atoms with van der Waals surface area (Å²) in [6.07, 6.45) is 19.4. The van der Waals surface area contributed by atoms with Crippen molar-refractivity contribution in [2.45, 2.75) is 187 Å². The molecule has 10 rings (SSSR count). The number of hydrogen-bond acceptors (Lipinski definition) is 11. The molecule has 0 bridgehead atoms. The molecule has 542 valence electrons. The fourth-order valence-electron chi connectivity index (χ4n) is 17.6. The Hall–Kier alpha value is -7.73. The monoisotopic (exact) mass is 1380 g/mol. The first-order valence-electron chi connectivity index (χ1n) is 37.5. The lowest BCUT2D eigenvalue weighted by atomic mass is 9.47. The zero-order valence-electron chi connectivity index (χ0n) is 60.8. The molecule has 101 heavy (non-hydrogen) atoms. The molecule has 0 heterocycles. The molecule has 0 aliphatic heterocycles. The van der Waals surface area contributed by atoms with Gasteiger partial charge in [0.1, 0.15) is 29.6 Å². The summed E-state index contributed by atoms with van der Waals surface area (Å²) in [6, 6.07) is 47.3. The minimum atomic E-state index is -0.903. The second-order valence-corrected chi connectivity index (χ2v) is 30.2. The van der Waals surface area contributed by atoms with Gasteiger partial charge in [-0.3, -0.25) is 19.7 Å². The second-order valence-electron chi connectivity index (χ2n) is 30.2. The molecule has 4 aliphatic rings. The molecule has 6 N–H and O–H groups in total. The molecule has 4 aliphatic carbocycles. The van der Waals surface area contributed by atoms with Crippen LogP contribution in [0.5, 0.6) is 11.5 Å². The van der Waals surface area contributed by atoms with Crippen molar-refractivity contribution >= 4 is 35.3 Å². The quantitative estimate of drug-likeness (QED) is 0.00548. The van der Waals surface area contributed by atoms with Gasteiger partial charge in [0, 0.05) is 49.9 Å². The number of allylic oxidation sites excluding steroid dienone is 1. The Bertz CT molecular complexity index is 3570. The standard InChI is InChI=1S/C85H111FN6O9/c1-59(2)18-16-19-60(3)75-43-44-76-74-42-31-66-57-73(47-50-83(66,4)77(74)48-51-84(75,76)5)99-55-17-52-88-79(93)45-46-80(94)90-69(56-61-25-32-67(86)33-26-61)49-54-87-78(81(95)91-68-34-27-62(28-35-68)58-100-82(96)101-72-40-36-70(37-41-72)92(6)97)24-14-15-53-89-85(63-20-10-8-11-21-63,64-22-12-9-13-23-64)65-29-38-71(98-7)39-30-65/h8-13,20-23,25-41,59-60,69,73-78,87,89,92H,14-19,24,42-58H2,1-7H3,(H,88,93)(H,90,94)(H,91,95)/t60-,69-,73?,74+,75-,76+,77+,78+,83+,84-/m1/s1. The van der Waals surface area contributed by atoms with Gasteiger partial charge in [0.2, 0.25) is 17.7 Å². The molecule has 2 unspecified atom stereocenters. The summed E-state index contributed by atoms with van der Waals surface area (Å²) in [7, 11) is 3.12. The van der Waals surface area contributed by atoms with Gasteiger partial charge >= 0.3 is 6.16 Å². The minimum absolute atomic E-state index is 0.00839. The van der Waals surface area contributed by atoms with Crippen LogP contribution in [0, 0.1) is 57.4 Å². The number of anilines is 1. The van der Waals surface area contributed by atoms with E-state index >= 15 is 0 Å². The Morgan fingerprint density at radius 3 is 2.03 bits per heavy atom. The van der Waals surface area contributed by atoms with Crippen molar-refractivity contribution in [3.05, 3.63) is 208 Å². The normalized spacial score (nSPS) is 22.1. The van der Waals surface area contributed by atoms with Crippen LogP contribution in [0.4, 0.5) is 20.6 Å². The van der Waals surface area contributed by atoms with Crippen molar-refractivity contribution < 1.29 is 47.6 Å². The number of nitrogens with one attached hydrogen (secondary N) is 6. The highest BCUT2D eigenvalue weighted by Gasteiger charge is 2.59. The molecule has 0 radical (unpaired) electrons. The maximum absolute atomic E-state index is 14.5. The largest absolute Gasteiger partial charge is 0.629 e. The molecule has 11 atom stereocenters. The summed E-state index contributed by atoms with van der Waals surface area (Å²) < 4.78 is 37.0. The van der Waals surface area contributed by atoms with Gasteiger partial charge in [-0.25, -0.2) is 9.18 Å². The highest BCUT2D eigenvalue weighted by molar-refractivity contribution is 5.94. The lowest BCUT2D eigenvalue weighted by molar-refractivity contribution is -0.751. The number of quaternary nitrogens is 1. The van der Waals surface area contributed by atoms with Crippen molar-refractivity contribution in [3.63, 3.8) is 0 Å². The van der Waals surface area contributed by atoms with Gasteiger partial charge in [-0.05, 0) is 219 Å². The van der Waals surface area contributed by atoms with Crippen molar-refractivity contribution in [2.24, 2.45) is 46.3 Å². The smallest absolute Gasteiger partial charge is 0.514 e. The third-order valence-corrected chi connectivity index (χ3v) is 23.1. The average Bonchev–Trinajstić information content (AvgIpc) is 1.67. The summed E-state index contributed by atoms with van der Waals surface area (Å²) in [5, 5.41) is 28.4.